The molecule has 182 valence electrons. The summed E-state index contributed by atoms with van der Waals surface area (Å²) in [5, 5.41) is 8.37. The zero-order valence-corrected chi connectivity index (χ0v) is 20.1. The van der Waals surface area contributed by atoms with Crippen molar-refractivity contribution in [3.05, 3.63) is 108 Å². The maximum absolute atomic E-state index is 12.7. The molecule has 4 rings (SSSR count). The van der Waals surface area contributed by atoms with Gasteiger partial charge in [-0.25, -0.2) is 0 Å². The highest BCUT2D eigenvalue weighted by molar-refractivity contribution is 7.80. The topological polar surface area (TPSA) is 102 Å². The Balaban J connectivity index is 1.34. The first-order valence-electron chi connectivity index (χ1n) is 10.9. The first kappa shape index (κ1) is 24.5. The van der Waals surface area contributed by atoms with E-state index in [1.165, 1.54) is 13.4 Å². The number of nitrogens with one attached hydrogen (secondary N) is 3. The van der Waals surface area contributed by atoms with Crippen LogP contribution < -0.4 is 25.4 Å². The van der Waals surface area contributed by atoms with Gasteiger partial charge in [-0.15, -0.1) is 0 Å². The molecule has 0 unspecified atom stereocenters. The molecule has 0 bridgehead atoms. The summed E-state index contributed by atoms with van der Waals surface area (Å²) in [6, 6.07) is 24.7. The number of thiocarbonyl (C=S) groups is 1. The molecule has 0 fully saturated rings. The molecule has 4 aromatic rings. The first-order valence-corrected chi connectivity index (χ1v) is 11.3. The maximum Gasteiger partial charge on any atom is 0.291 e. The van der Waals surface area contributed by atoms with Crippen molar-refractivity contribution in [2.45, 2.75) is 6.61 Å². The molecule has 0 radical (unpaired) electrons. The van der Waals surface area contributed by atoms with Crippen molar-refractivity contribution in [2.75, 3.05) is 17.7 Å². The van der Waals surface area contributed by atoms with Gasteiger partial charge < -0.3 is 24.5 Å². The molecule has 0 saturated heterocycles. The van der Waals surface area contributed by atoms with Crippen molar-refractivity contribution in [1.29, 1.82) is 0 Å². The van der Waals surface area contributed by atoms with Crippen LogP contribution in [0.4, 0.5) is 11.4 Å². The molecule has 9 heteroatoms. The van der Waals surface area contributed by atoms with E-state index in [2.05, 4.69) is 16.0 Å². The zero-order chi connectivity index (χ0) is 25.3. The Hall–Kier alpha value is -4.63. The van der Waals surface area contributed by atoms with Crippen LogP contribution in [0.5, 0.6) is 11.5 Å². The number of ether oxygens (including phenoxy) is 2. The predicted octanol–water partition coefficient (Wildman–Crippen LogP) is 5.25. The molecule has 1 heterocycles. The second-order valence-corrected chi connectivity index (χ2v) is 7.96. The van der Waals surface area contributed by atoms with Crippen molar-refractivity contribution < 1.29 is 23.5 Å². The highest BCUT2D eigenvalue weighted by Crippen LogP contribution is 2.28. The van der Waals surface area contributed by atoms with Gasteiger partial charge in [0.05, 0.1) is 19.1 Å². The van der Waals surface area contributed by atoms with E-state index in [0.717, 1.165) is 5.56 Å². The summed E-state index contributed by atoms with van der Waals surface area (Å²) in [7, 11) is 1.50. The minimum absolute atomic E-state index is 0.0669. The van der Waals surface area contributed by atoms with E-state index in [9.17, 15) is 9.59 Å². The second-order valence-electron chi connectivity index (χ2n) is 7.55. The van der Waals surface area contributed by atoms with Crippen LogP contribution in [0.25, 0.3) is 0 Å². The third kappa shape index (κ3) is 6.49. The van der Waals surface area contributed by atoms with E-state index >= 15 is 0 Å². The molecule has 36 heavy (non-hydrogen) atoms. The Morgan fingerprint density at radius 1 is 0.889 bits per heavy atom. The maximum atomic E-state index is 12.7. The fourth-order valence-corrected chi connectivity index (χ4v) is 3.46. The normalized spacial score (nSPS) is 10.2. The molecule has 8 nitrogen and oxygen atoms in total. The van der Waals surface area contributed by atoms with Gasteiger partial charge in [-0.2, -0.15) is 0 Å². The molecule has 2 amide bonds. The molecule has 0 saturated carbocycles. The lowest BCUT2D eigenvalue weighted by molar-refractivity contribution is 0.0975. The fourth-order valence-electron chi connectivity index (χ4n) is 3.26. The SMILES string of the molecule is COc1ccc(NC(=O)c2ccco2)cc1NC(=S)NC(=O)c1ccc(OCc2ccccc2)cc1. The van der Waals surface area contributed by atoms with Crippen molar-refractivity contribution >= 4 is 40.5 Å². The van der Waals surface area contributed by atoms with Crippen LogP contribution in [-0.4, -0.2) is 24.0 Å². The Labute approximate surface area is 213 Å². The number of anilines is 2. The lowest BCUT2D eigenvalue weighted by Gasteiger charge is -2.14. The number of carbonyl (C=O) groups is 2. The van der Waals surface area contributed by atoms with Gasteiger partial charge in [-0.1, -0.05) is 30.3 Å². The van der Waals surface area contributed by atoms with E-state index in [1.54, 1.807) is 54.6 Å². The second kappa shape index (κ2) is 11.7. The van der Waals surface area contributed by atoms with Gasteiger partial charge in [-0.3, -0.25) is 14.9 Å². The summed E-state index contributed by atoms with van der Waals surface area (Å²) < 4.78 is 16.2. The monoisotopic (exact) mass is 501 g/mol. The average Bonchev–Trinajstić information content (AvgIpc) is 3.44. The van der Waals surface area contributed by atoms with Crippen LogP contribution >= 0.6 is 12.2 Å². The highest BCUT2D eigenvalue weighted by Gasteiger charge is 2.13. The molecule has 0 aliphatic rings. The van der Waals surface area contributed by atoms with Gasteiger partial charge in [0.15, 0.2) is 10.9 Å². The molecule has 0 aliphatic heterocycles. The third-order valence-corrected chi connectivity index (χ3v) is 5.25. The summed E-state index contributed by atoms with van der Waals surface area (Å²) in [5.74, 6) is 0.517. The molecular weight excluding hydrogens is 478 g/mol. The van der Waals surface area contributed by atoms with Crippen molar-refractivity contribution in [2.24, 2.45) is 0 Å². The molecule has 0 spiro atoms. The summed E-state index contributed by atoms with van der Waals surface area (Å²) in [6.45, 7) is 0.434. The third-order valence-electron chi connectivity index (χ3n) is 5.04. The van der Waals surface area contributed by atoms with Crippen molar-refractivity contribution in [3.63, 3.8) is 0 Å². The first-order chi connectivity index (χ1) is 17.5. The molecule has 3 N–H and O–H groups in total. The highest BCUT2D eigenvalue weighted by atomic mass is 32.1. The zero-order valence-electron chi connectivity index (χ0n) is 19.3. The number of furan rings is 1. The largest absolute Gasteiger partial charge is 0.495 e. The molecular formula is C27H23N3O5S. The van der Waals surface area contributed by atoms with Crippen LogP contribution in [-0.2, 0) is 6.61 Å². The average molecular weight is 502 g/mol. The number of hydrogen-bond acceptors (Lipinski definition) is 6. The predicted molar refractivity (Wildman–Crippen MR) is 141 cm³/mol. The Morgan fingerprint density at radius 2 is 1.67 bits per heavy atom. The van der Waals surface area contributed by atoms with Gasteiger partial charge in [-0.05, 0) is 72.4 Å². The number of benzene rings is 3. The minimum atomic E-state index is -0.400. The molecule has 0 atom stereocenters. The van der Waals surface area contributed by atoms with Crippen LogP contribution in [0.1, 0.15) is 26.5 Å². The summed E-state index contributed by atoms with van der Waals surface area (Å²) in [4.78, 5) is 24.9. The number of carbonyl (C=O) groups excluding carboxylic acids is 2. The van der Waals surface area contributed by atoms with E-state index in [0.29, 0.717) is 35.0 Å². The Bertz CT molecular complexity index is 1340. The molecule has 3 aromatic carbocycles. The number of hydrogen-bond donors (Lipinski definition) is 3. The van der Waals surface area contributed by atoms with Crippen LogP contribution in [0.3, 0.4) is 0 Å². The standard InChI is InChI=1S/C27H23N3O5S/c1-33-23-14-11-20(28-26(32)24-8-5-15-34-24)16-22(23)29-27(36)30-25(31)19-9-12-21(13-10-19)35-17-18-6-3-2-4-7-18/h2-16H,17H2,1H3,(H,28,32)(H2,29,30,31,36). The summed E-state index contributed by atoms with van der Waals surface area (Å²) in [5.41, 5.74) is 2.41. The van der Waals surface area contributed by atoms with E-state index in [1.807, 2.05) is 30.3 Å². The minimum Gasteiger partial charge on any atom is -0.495 e. The lowest BCUT2D eigenvalue weighted by atomic mass is 10.2. The number of rotatable bonds is 8. The van der Waals surface area contributed by atoms with Crippen LogP contribution in [0.2, 0.25) is 0 Å². The van der Waals surface area contributed by atoms with Gasteiger partial charge in [0.25, 0.3) is 11.8 Å². The summed E-state index contributed by atoms with van der Waals surface area (Å²) in [6.07, 6.45) is 1.42. The lowest BCUT2D eigenvalue weighted by Crippen LogP contribution is -2.34. The number of methoxy groups -OCH3 is 1. The fraction of sp³-hybridized carbons (Fsp3) is 0.0741. The van der Waals surface area contributed by atoms with Crippen LogP contribution in [0.15, 0.2) is 95.6 Å². The van der Waals surface area contributed by atoms with E-state index in [-0.39, 0.29) is 16.8 Å². The van der Waals surface area contributed by atoms with Gasteiger partial charge in [0.2, 0.25) is 0 Å². The summed E-state index contributed by atoms with van der Waals surface area (Å²) >= 11 is 5.31. The van der Waals surface area contributed by atoms with Crippen molar-refractivity contribution in [3.8, 4) is 11.5 Å². The Morgan fingerprint density at radius 3 is 2.36 bits per heavy atom. The smallest absolute Gasteiger partial charge is 0.291 e. The number of amides is 2. The van der Waals surface area contributed by atoms with Crippen LogP contribution in [0, 0.1) is 0 Å². The van der Waals surface area contributed by atoms with Gasteiger partial charge >= 0.3 is 0 Å². The van der Waals surface area contributed by atoms with Crippen molar-refractivity contribution in [1.82, 2.24) is 5.32 Å². The molecule has 1 aromatic heterocycles. The Kier molecular flexibility index (Phi) is 7.94. The molecule has 0 aliphatic carbocycles. The van der Waals surface area contributed by atoms with Gasteiger partial charge in [0.1, 0.15) is 18.1 Å². The van der Waals surface area contributed by atoms with E-state index in [4.69, 9.17) is 26.1 Å². The quantitative estimate of drug-likeness (QED) is 0.284. The van der Waals surface area contributed by atoms with Gasteiger partial charge in [0, 0.05) is 11.3 Å². The van der Waals surface area contributed by atoms with E-state index < -0.39 is 5.91 Å².